The van der Waals surface area contributed by atoms with E-state index in [0.29, 0.717) is 18.4 Å². The number of nitrogens with zero attached hydrogens (tertiary/aromatic N) is 2. The van der Waals surface area contributed by atoms with Crippen molar-refractivity contribution < 1.29 is 19.4 Å². The van der Waals surface area contributed by atoms with Gasteiger partial charge in [-0.2, -0.15) is 0 Å². The second kappa shape index (κ2) is 10.8. The van der Waals surface area contributed by atoms with Gasteiger partial charge < -0.3 is 14.6 Å². The van der Waals surface area contributed by atoms with Gasteiger partial charge in [0.15, 0.2) is 11.5 Å². The van der Waals surface area contributed by atoms with Crippen LogP contribution in [0.2, 0.25) is 5.02 Å². The first-order chi connectivity index (χ1) is 16.0. The molecule has 1 fully saturated rings. The summed E-state index contributed by atoms with van der Waals surface area (Å²) in [5.74, 6) is 1.14. The number of methoxy groups -OCH3 is 2. The number of halogens is 1. The van der Waals surface area contributed by atoms with E-state index in [1.54, 1.807) is 14.2 Å². The predicted octanol–water partition coefficient (Wildman–Crippen LogP) is 4.47. The number of piperidine rings is 1. The monoisotopic (exact) mass is 472 g/mol. The summed E-state index contributed by atoms with van der Waals surface area (Å²) in [6, 6.07) is 12.6. The van der Waals surface area contributed by atoms with Crippen LogP contribution in [0.15, 0.2) is 36.4 Å². The molecule has 0 unspecified atom stereocenters. The van der Waals surface area contributed by atoms with Gasteiger partial charge in [-0.3, -0.25) is 14.6 Å². The lowest BCUT2D eigenvalue weighted by Gasteiger charge is -2.45. The Balaban J connectivity index is 1.47. The first-order valence-corrected chi connectivity index (χ1v) is 12.0. The van der Waals surface area contributed by atoms with Gasteiger partial charge in [0, 0.05) is 43.7 Å². The first kappa shape index (κ1) is 23.9. The zero-order chi connectivity index (χ0) is 23.4. The van der Waals surface area contributed by atoms with E-state index >= 15 is 0 Å². The van der Waals surface area contributed by atoms with E-state index in [1.165, 1.54) is 16.7 Å². The molecule has 0 aromatic heterocycles. The van der Waals surface area contributed by atoms with Crippen molar-refractivity contribution in [2.75, 3.05) is 33.9 Å². The van der Waals surface area contributed by atoms with Crippen molar-refractivity contribution in [3.8, 4) is 11.5 Å². The lowest BCUT2D eigenvalue weighted by atomic mass is 9.85. The van der Waals surface area contributed by atoms with Gasteiger partial charge in [0.2, 0.25) is 0 Å². The molecule has 0 aliphatic carbocycles. The summed E-state index contributed by atoms with van der Waals surface area (Å²) >= 11 is 6.04. The summed E-state index contributed by atoms with van der Waals surface area (Å²) in [6.07, 6.45) is 2.92. The van der Waals surface area contributed by atoms with Gasteiger partial charge in [0.25, 0.3) is 0 Å². The van der Waals surface area contributed by atoms with Gasteiger partial charge in [-0.1, -0.05) is 23.7 Å². The number of carbonyl (C=O) groups is 1. The Morgan fingerprint density at radius 2 is 1.79 bits per heavy atom. The zero-order valence-electron chi connectivity index (χ0n) is 19.4. The third kappa shape index (κ3) is 5.81. The highest BCUT2D eigenvalue weighted by atomic mass is 35.5. The molecule has 2 aliphatic rings. The van der Waals surface area contributed by atoms with Crippen molar-refractivity contribution in [1.29, 1.82) is 0 Å². The molecular formula is C26H33ClN2O4. The molecule has 0 radical (unpaired) electrons. The summed E-state index contributed by atoms with van der Waals surface area (Å²) in [7, 11) is 3.34. The highest BCUT2D eigenvalue weighted by Gasteiger charge is 2.35. The van der Waals surface area contributed by atoms with E-state index in [9.17, 15) is 9.90 Å². The fraction of sp³-hybridized carbons (Fsp3) is 0.500. The molecule has 33 heavy (non-hydrogen) atoms. The Bertz CT molecular complexity index is 966. The Morgan fingerprint density at radius 3 is 2.45 bits per heavy atom. The van der Waals surface area contributed by atoms with Gasteiger partial charge in [-0.05, 0) is 72.7 Å². The van der Waals surface area contributed by atoms with Crippen LogP contribution in [0.4, 0.5) is 0 Å². The maximum absolute atomic E-state index is 11.4. The fourth-order valence-corrected chi connectivity index (χ4v) is 5.47. The number of hydrogen-bond donors (Lipinski definition) is 1. The van der Waals surface area contributed by atoms with Crippen LogP contribution in [-0.2, 0) is 24.3 Å². The van der Waals surface area contributed by atoms with E-state index in [1.807, 2.05) is 12.1 Å². The molecular weight excluding hydrogens is 440 g/mol. The van der Waals surface area contributed by atoms with Gasteiger partial charge in [-0.15, -0.1) is 0 Å². The van der Waals surface area contributed by atoms with Crippen LogP contribution in [0.25, 0.3) is 0 Å². The van der Waals surface area contributed by atoms with Crippen LogP contribution in [0.5, 0.6) is 11.5 Å². The molecule has 1 N–H and O–H groups in total. The maximum Gasteiger partial charge on any atom is 0.303 e. The molecule has 6 nitrogen and oxygen atoms in total. The Morgan fingerprint density at radius 1 is 1.09 bits per heavy atom. The highest BCUT2D eigenvalue weighted by molar-refractivity contribution is 6.30. The minimum absolute atomic E-state index is 0.214. The van der Waals surface area contributed by atoms with Crippen LogP contribution < -0.4 is 9.47 Å². The third-order valence-corrected chi connectivity index (χ3v) is 7.29. The van der Waals surface area contributed by atoms with E-state index < -0.39 is 5.97 Å². The summed E-state index contributed by atoms with van der Waals surface area (Å²) in [6.45, 7) is 4.63. The molecule has 2 aliphatic heterocycles. The van der Waals surface area contributed by atoms with Crippen LogP contribution in [0.1, 0.15) is 36.0 Å². The Kier molecular flexibility index (Phi) is 7.78. The van der Waals surface area contributed by atoms with Gasteiger partial charge in [-0.25, -0.2) is 0 Å². The topological polar surface area (TPSA) is 62.2 Å². The number of carboxylic acids is 1. The molecule has 178 valence electrons. The first-order valence-electron chi connectivity index (χ1n) is 11.6. The number of carboxylic acid groups (broad SMARTS) is 1. The molecule has 2 aromatic carbocycles. The zero-order valence-corrected chi connectivity index (χ0v) is 20.2. The summed E-state index contributed by atoms with van der Waals surface area (Å²) in [4.78, 5) is 16.4. The van der Waals surface area contributed by atoms with E-state index in [2.05, 4.69) is 34.1 Å². The molecule has 0 amide bonds. The van der Waals surface area contributed by atoms with Crippen LogP contribution in [0, 0.1) is 5.92 Å². The molecule has 0 saturated carbocycles. The lowest BCUT2D eigenvalue weighted by molar-refractivity contribution is -0.137. The molecule has 7 heteroatoms. The second-order valence-corrected chi connectivity index (χ2v) is 9.54. The minimum atomic E-state index is -0.718. The van der Waals surface area contributed by atoms with Crippen molar-refractivity contribution >= 4 is 17.6 Å². The Labute approximate surface area is 201 Å². The third-order valence-electron chi connectivity index (χ3n) is 7.04. The number of ether oxygens (including phenoxy) is 2. The average Bonchev–Trinajstić information content (AvgIpc) is 2.83. The fourth-order valence-electron chi connectivity index (χ4n) is 5.35. The molecule has 0 bridgehead atoms. The van der Waals surface area contributed by atoms with Crippen molar-refractivity contribution in [1.82, 2.24) is 9.80 Å². The number of benzene rings is 2. The molecule has 2 aromatic rings. The summed E-state index contributed by atoms with van der Waals surface area (Å²) < 4.78 is 11.0. The van der Waals surface area contributed by atoms with E-state index in [4.69, 9.17) is 21.1 Å². The Hall–Kier alpha value is -2.28. The van der Waals surface area contributed by atoms with E-state index in [-0.39, 0.29) is 6.42 Å². The van der Waals surface area contributed by atoms with Crippen molar-refractivity contribution in [3.05, 3.63) is 58.1 Å². The predicted molar refractivity (Wildman–Crippen MR) is 129 cm³/mol. The maximum atomic E-state index is 11.4. The smallest absolute Gasteiger partial charge is 0.303 e. The lowest BCUT2D eigenvalue weighted by Crippen LogP contribution is -2.52. The van der Waals surface area contributed by atoms with Crippen LogP contribution in [0.3, 0.4) is 0 Å². The molecule has 4 rings (SSSR count). The number of rotatable bonds is 8. The standard InChI is InChI=1S/C26H33ClN2O4/c1-32-24-13-19-9-12-29(17-21(19)14-25(24)33-2)23-10-11-28(16-20(23)5-8-26(30)31)15-18-3-6-22(27)7-4-18/h3-4,6-7,13-14,20,23H,5,8-12,15-17H2,1-2H3,(H,30,31)/t20-,23+/m0/s1. The van der Waals surface area contributed by atoms with Crippen LogP contribution >= 0.6 is 11.6 Å². The quantitative estimate of drug-likeness (QED) is 0.611. The molecule has 2 atom stereocenters. The normalized spacial score (nSPS) is 21.4. The van der Waals surface area contributed by atoms with Gasteiger partial charge >= 0.3 is 5.97 Å². The van der Waals surface area contributed by atoms with Crippen molar-refractivity contribution in [3.63, 3.8) is 0 Å². The highest BCUT2D eigenvalue weighted by Crippen LogP contribution is 2.36. The largest absolute Gasteiger partial charge is 0.493 e. The number of likely N-dealkylation sites (tertiary alicyclic amines) is 1. The molecule has 0 spiro atoms. The van der Waals surface area contributed by atoms with E-state index in [0.717, 1.165) is 62.1 Å². The van der Waals surface area contributed by atoms with Gasteiger partial charge in [0.1, 0.15) is 0 Å². The SMILES string of the molecule is COc1cc2c(cc1OC)CN([C@@H]1CCN(Cc3ccc(Cl)cc3)C[C@@H]1CCC(=O)O)CC2. The number of aliphatic carboxylic acids is 1. The van der Waals surface area contributed by atoms with Crippen molar-refractivity contribution in [2.45, 2.75) is 44.8 Å². The summed E-state index contributed by atoms with van der Waals surface area (Å²) in [5, 5.41) is 10.1. The molecule has 1 saturated heterocycles. The molecule has 2 heterocycles. The van der Waals surface area contributed by atoms with Crippen LogP contribution in [-0.4, -0.2) is 60.8 Å². The number of hydrogen-bond acceptors (Lipinski definition) is 5. The minimum Gasteiger partial charge on any atom is -0.493 e. The second-order valence-electron chi connectivity index (χ2n) is 9.11. The summed E-state index contributed by atoms with van der Waals surface area (Å²) in [5.41, 5.74) is 3.83. The number of fused-ring (bicyclic) bond motifs is 1. The van der Waals surface area contributed by atoms with Gasteiger partial charge in [0.05, 0.1) is 14.2 Å². The van der Waals surface area contributed by atoms with Crippen molar-refractivity contribution in [2.24, 2.45) is 5.92 Å². The average molecular weight is 473 g/mol.